The summed E-state index contributed by atoms with van der Waals surface area (Å²) in [5, 5.41) is 16.3. The fourth-order valence-corrected chi connectivity index (χ4v) is 5.74. The lowest BCUT2D eigenvalue weighted by Crippen LogP contribution is -2.29. The van der Waals surface area contributed by atoms with Crippen molar-refractivity contribution < 1.29 is 5.11 Å². The molecule has 1 saturated heterocycles. The summed E-state index contributed by atoms with van der Waals surface area (Å²) in [6.45, 7) is 4.07. The van der Waals surface area contributed by atoms with E-state index in [0.29, 0.717) is 25.9 Å². The summed E-state index contributed by atoms with van der Waals surface area (Å²) in [5.41, 5.74) is 5.17. The summed E-state index contributed by atoms with van der Waals surface area (Å²) in [5.74, 6) is 0.0831. The van der Waals surface area contributed by atoms with Gasteiger partial charge in [0.1, 0.15) is 5.75 Å². The van der Waals surface area contributed by atoms with Crippen molar-refractivity contribution in [3.63, 3.8) is 0 Å². The summed E-state index contributed by atoms with van der Waals surface area (Å²) in [7, 11) is 0. The highest BCUT2D eigenvalue weighted by molar-refractivity contribution is 7.80. The summed E-state index contributed by atoms with van der Waals surface area (Å²) in [4.78, 5) is 6.51. The van der Waals surface area contributed by atoms with Crippen molar-refractivity contribution in [2.24, 2.45) is 0 Å². The van der Waals surface area contributed by atoms with Crippen LogP contribution >= 0.6 is 47.0 Å². The van der Waals surface area contributed by atoms with E-state index in [1.54, 1.807) is 30.5 Å². The van der Waals surface area contributed by atoms with E-state index in [4.69, 9.17) is 47.0 Å². The van der Waals surface area contributed by atoms with Crippen molar-refractivity contribution in [3.05, 3.63) is 105 Å². The maximum atomic E-state index is 10.8. The molecule has 2 N–H and O–H groups in total. The third kappa shape index (κ3) is 4.25. The molecule has 0 spiro atoms. The van der Waals surface area contributed by atoms with E-state index in [-0.39, 0.29) is 17.8 Å². The number of phenols is 1. The topological polar surface area (TPSA) is 53.3 Å². The van der Waals surface area contributed by atoms with Crippen molar-refractivity contribution in [1.82, 2.24) is 14.9 Å². The molecule has 5 nitrogen and oxygen atoms in total. The number of anilines is 1. The highest BCUT2D eigenvalue weighted by atomic mass is 35.5. The maximum absolute atomic E-state index is 10.8. The number of hydrogen-bond acceptors (Lipinski definition) is 3. The van der Waals surface area contributed by atoms with Crippen molar-refractivity contribution in [1.29, 1.82) is 0 Å². The molecule has 2 aromatic carbocycles. The Balaban J connectivity index is 1.72. The van der Waals surface area contributed by atoms with Crippen LogP contribution in [0, 0.1) is 13.8 Å². The fourth-order valence-electron chi connectivity index (χ4n) is 4.74. The third-order valence-electron chi connectivity index (χ3n) is 6.23. The zero-order chi connectivity index (χ0) is 24.9. The Bertz CT molecular complexity index is 1440. The van der Waals surface area contributed by atoms with Crippen LogP contribution in [0.4, 0.5) is 5.69 Å². The number of benzene rings is 2. The van der Waals surface area contributed by atoms with Crippen molar-refractivity contribution in [3.8, 4) is 11.4 Å². The second kappa shape index (κ2) is 9.36. The van der Waals surface area contributed by atoms with Gasteiger partial charge in [-0.05, 0) is 86.2 Å². The molecule has 0 saturated carbocycles. The number of nitrogens with one attached hydrogen (secondary N) is 1. The monoisotopic (exact) mass is 542 g/mol. The summed E-state index contributed by atoms with van der Waals surface area (Å²) >= 11 is 24.8. The minimum Gasteiger partial charge on any atom is -0.506 e. The molecule has 9 heteroatoms. The third-order valence-corrected chi connectivity index (χ3v) is 7.32. The van der Waals surface area contributed by atoms with Crippen LogP contribution in [-0.4, -0.2) is 19.8 Å². The number of aromatic nitrogens is 2. The summed E-state index contributed by atoms with van der Waals surface area (Å²) in [6, 6.07) is 17.7. The van der Waals surface area contributed by atoms with Gasteiger partial charge in [-0.3, -0.25) is 4.98 Å². The molecule has 2 aromatic heterocycles. The molecule has 4 aromatic rings. The number of thiocarbonyl (C=S) groups is 1. The van der Waals surface area contributed by atoms with Gasteiger partial charge in [0.15, 0.2) is 5.11 Å². The number of nitrogens with zero attached hydrogens (tertiary/aromatic N) is 3. The molecular weight excluding hydrogens is 523 g/mol. The molecule has 0 radical (unpaired) electrons. The van der Waals surface area contributed by atoms with Crippen molar-refractivity contribution >= 4 is 57.8 Å². The Kier molecular flexibility index (Phi) is 6.40. The molecule has 2 atom stereocenters. The van der Waals surface area contributed by atoms with E-state index >= 15 is 0 Å². The first-order chi connectivity index (χ1) is 16.8. The van der Waals surface area contributed by atoms with Crippen LogP contribution in [0.5, 0.6) is 5.75 Å². The Morgan fingerprint density at radius 2 is 1.69 bits per heavy atom. The zero-order valence-corrected chi connectivity index (χ0v) is 21.9. The number of aryl methyl sites for hydroxylation is 1. The van der Waals surface area contributed by atoms with Crippen LogP contribution in [-0.2, 0) is 0 Å². The molecule has 5 rings (SSSR count). The van der Waals surface area contributed by atoms with E-state index in [1.807, 2.05) is 49.1 Å². The van der Waals surface area contributed by atoms with Gasteiger partial charge >= 0.3 is 0 Å². The number of rotatable bonds is 4. The lowest BCUT2D eigenvalue weighted by atomic mass is 9.96. The van der Waals surface area contributed by atoms with Gasteiger partial charge in [0.05, 0.1) is 34.2 Å². The molecule has 1 aliphatic heterocycles. The van der Waals surface area contributed by atoms with Gasteiger partial charge in [-0.25, -0.2) is 0 Å². The first-order valence-electron chi connectivity index (χ1n) is 10.9. The van der Waals surface area contributed by atoms with Crippen molar-refractivity contribution in [2.45, 2.75) is 25.9 Å². The molecule has 178 valence electrons. The first kappa shape index (κ1) is 23.9. The van der Waals surface area contributed by atoms with Crippen molar-refractivity contribution in [2.75, 3.05) is 4.90 Å². The number of halogens is 3. The van der Waals surface area contributed by atoms with E-state index < -0.39 is 0 Å². The lowest BCUT2D eigenvalue weighted by molar-refractivity contribution is 0.472. The molecular formula is C26H21Cl3N4OS. The number of pyridine rings is 1. The minimum atomic E-state index is -0.312. The predicted molar refractivity (Wildman–Crippen MR) is 146 cm³/mol. The minimum absolute atomic E-state index is 0.0831. The Labute approximate surface area is 223 Å². The average Bonchev–Trinajstić information content (AvgIpc) is 3.31. The van der Waals surface area contributed by atoms with Gasteiger partial charge in [0.2, 0.25) is 0 Å². The SMILES string of the molecule is Cc1cc([C@H]2[C@H](c3ccccn3)NC(=S)N2c2cc(Cl)ccc2O)c(C)n1-c1ccc(Cl)cc1Cl. The second-order valence-corrected chi connectivity index (χ2v) is 10.1. The smallest absolute Gasteiger partial charge is 0.174 e. The van der Waals surface area contributed by atoms with Gasteiger partial charge in [0.25, 0.3) is 0 Å². The summed E-state index contributed by atoms with van der Waals surface area (Å²) < 4.78 is 2.10. The van der Waals surface area contributed by atoms with Gasteiger partial charge in [-0.2, -0.15) is 0 Å². The van der Waals surface area contributed by atoms with Gasteiger partial charge in [-0.1, -0.05) is 40.9 Å². The summed E-state index contributed by atoms with van der Waals surface area (Å²) in [6.07, 6.45) is 1.76. The lowest BCUT2D eigenvalue weighted by Gasteiger charge is -2.29. The van der Waals surface area contributed by atoms with Crippen LogP contribution in [0.3, 0.4) is 0 Å². The fraction of sp³-hybridized carbons (Fsp3) is 0.154. The quantitative estimate of drug-likeness (QED) is 0.264. The normalized spacial score (nSPS) is 17.6. The number of phenolic OH excluding ortho intramolecular Hbond substituents is 1. The van der Waals surface area contributed by atoms with E-state index in [0.717, 1.165) is 28.3 Å². The zero-order valence-electron chi connectivity index (χ0n) is 18.8. The van der Waals surface area contributed by atoms with E-state index in [9.17, 15) is 5.11 Å². The number of hydrogen-bond donors (Lipinski definition) is 2. The molecule has 0 unspecified atom stereocenters. The van der Waals surface area contributed by atoms with Crippen LogP contribution in [0.15, 0.2) is 66.9 Å². The van der Waals surface area contributed by atoms with E-state index in [2.05, 4.69) is 20.9 Å². The Hall–Kier alpha value is -2.77. The van der Waals surface area contributed by atoms with Gasteiger partial charge in [0, 0.05) is 27.6 Å². The second-order valence-electron chi connectivity index (χ2n) is 8.39. The molecule has 0 bridgehead atoms. The Morgan fingerprint density at radius 1 is 0.943 bits per heavy atom. The molecule has 1 fully saturated rings. The van der Waals surface area contributed by atoms with Crippen LogP contribution < -0.4 is 10.2 Å². The molecule has 1 aliphatic rings. The van der Waals surface area contributed by atoms with Crippen LogP contribution in [0.1, 0.15) is 34.7 Å². The van der Waals surface area contributed by atoms with E-state index in [1.165, 1.54) is 0 Å². The highest BCUT2D eigenvalue weighted by Gasteiger charge is 2.43. The highest BCUT2D eigenvalue weighted by Crippen LogP contribution is 2.46. The van der Waals surface area contributed by atoms with Crippen LogP contribution in [0.25, 0.3) is 5.69 Å². The standard InChI is InChI=1S/C26H21Cl3N4OS/c1-14-11-18(15(2)32(14)21-8-6-16(27)12-19(21)29)25-24(20-5-3-4-10-30-20)31-26(35)33(25)22-13-17(28)7-9-23(22)34/h3-13,24-25,34H,1-2H3,(H,31,35)/t24-,25-/m0/s1. The van der Waals surface area contributed by atoms with Gasteiger partial charge < -0.3 is 19.9 Å². The predicted octanol–water partition coefficient (Wildman–Crippen LogP) is 7.33. The Morgan fingerprint density at radius 3 is 2.40 bits per heavy atom. The molecule has 35 heavy (non-hydrogen) atoms. The van der Waals surface area contributed by atoms with Gasteiger partial charge in [-0.15, -0.1) is 0 Å². The molecule has 0 amide bonds. The molecule has 0 aliphatic carbocycles. The number of aromatic hydroxyl groups is 1. The largest absolute Gasteiger partial charge is 0.506 e. The molecule has 3 heterocycles. The first-order valence-corrected chi connectivity index (χ1v) is 12.4. The van der Waals surface area contributed by atoms with Crippen LogP contribution in [0.2, 0.25) is 15.1 Å². The average molecular weight is 544 g/mol. The maximum Gasteiger partial charge on any atom is 0.174 e.